The van der Waals surface area contributed by atoms with E-state index in [0.29, 0.717) is 50.4 Å². The molecule has 1 heterocycles. The standard InChI is InChI=1S/C23H36N2O7/c1-17(26)25-13-8-12-24(23(29)18-9-4-5-10-20(18)30-2)11-6-7-14-32-16-19(27)22(28)21(15-25)31-3/h4-5,9-10,19,21-22,27-28H,6-8,11-16H2,1-3H3/t19-,21-,22-/m0/s1. The molecule has 1 fully saturated rings. The molecule has 0 aliphatic carbocycles. The highest BCUT2D eigenvalue weighted by Gasteiger charge is 2.29. The summed E-state index contributed by atoms with van der Waals surface area (Å²) in [6, 6.07) is 7.12. The van der Waals surface area contributed by atoms with Gasteiger partial charge in [0, 0.05) is 46.8 Å². The molecule has 0 spiro atoms. The third-order valence-electron chi connectivity index (χ3n) is 5.66. The summed E-state index contributed by atoms with van der Waals surface area (Å²) >= 11 is 0. The van der Waals surface area contributed by atoms with Crippen molar-refractivity contribution in [3.63, 3.8) is 0 Å². The van der Waals surface area contributed by atoms with Crippen LogP contribution in [-0.4, -0.2) is 104 Å². The smallest absolute Gasteiger partial charge is 0.257 e. The lowest BCUT2D eigenvalue weighted by Gasteiger charge is -2.31. The van der Waals surface area contributed by atoms with Crippen molar-refractivity contribution in [2.75, 3.05) is 53.6 Å². The van der Waals surface area contributed by atoms with E-state index in [0.717, 1.165) is 6.42 Å². The summed E-state index contributed by atoms with van der Waals surface area (Å²) in [5.41, 5.74) is 0.498. The predicted octanol–water partition coefficient (Wildman–Crippen LogP) is 0.923. The van der Waals surface area contributed by atoms with Crippen molar-refractivity contribution in [3.05, 3.63) is 29.8 Å². The second kappa shape index (κ2) is 13.4. The quantitative estimate of drug-likeness (QED) is 0.702. The Labute approximate surface area is 189 Å². The number of para-hydroxylation sites is 1. The molecule has 0 aromatic heterocycles. The number of ether oxygens (including phenoxy) is 3. The minimum atomic E-state index is -1.18. The monoisotopic (exact) mass is 452 g/mol. The first kappa shape index (κ1) is 26.1. The van der Waals surface area contributed by atoms with Crippen LogP contribution < -0.4 is 4.74 Å². The van der Waals surface area contributed by atoms with Gasteiger partial charge in [-0.2, -0.15) is 0 Å². The fraction of sp³-hybridized carbons (Fsp3) is 0.652. The van der Waals surface area contributed by atoms with Crippen molar-refractivity contribution in [1.29, 1.82) is 0 Å². The molecule has 9 heteroatoms. The van der Waals surface area contributed by atoms with Gasteiger partial charge in [0.25, 0.3) is 5.91 Å². The van der Waals surface area contributed by atoms with Crippen LogP contribution >= 0.6 is 0 Å². The molecule has 32 heavy (non-hydrogen) atoms. The number of rotatable bonds is 3. The van der Waals surface area contributed by atoms with Gasteiger partial charge >= 0.3 is 0 Å². The third kappa shape index (κ3) is 7.44. The highest BCUT2D eigenvalue weighted by molar-refractivity contribution is 5.96. The minimum absolute atomic E-state index is 0.0367. The average molecular weight is 453 g/mol. The van der Waals surface area contributed by atoms with E-state index in [1.54, 1.807) is 28.0 Å². The summed E-state index contributed by atoms with van der Waals surface area (Å²) in [6.45, 7) is 3.33. The van der Waals surface area contributed by atoms with Gasteiger partial charge in [-0.15, -0.1) is 0 Å². The molecular formula is C23H36N2O7. The molecule has 1 aromatic rings. The van der Waals surface area contributed by atoms with Crippen LogP contribution in [0.5, 0.6) is 5.75 Å². The highest BCUT2D eigenvalue weighted by Crippen LogP contribution is 2.20. The normalized spacial score (nSPS) is 24.3. The Morgan fingerprint density at radius 3 is 2.41 bits per heavy atom. The van der Waals surface area contributed by atoms with Crippen LogP contribution in [0.2, 0.25) is 0 Å². The molecule has 3 atom stereocenters. The molecular weight excluding hydrogens is 416 g/mol. The van der Waals surface area contributed by atoms with Crippen LogP contribution in [-0.2, 0) is 14.3 Å². The van der Waals surface area contributed by atoms with Crippen LogP contribution in [0.1, 0.15) is 36.5 Å². The van der Waals surface area contributed by atoms with E-state index in [1.165, 1.54) is 21.1 Å². The number of nitrogens with zero attached hydrogens (tertiary/aromatic N) is 2. The molecule has 0 saturated carbocycles. The SMILES string of the molecule is COc1ccccc1C(=O)N1CCCCOC[C@H](O)[C@H](O)[C@@H](OC)CN(C(C)=O)CCC1. The molecule has 1 aliphatic rings. The maximum Gasteiger partial charge on any atom is 0.257 e. The zero-order valence-electron chi connectivity index (χ0n) is 19.2. The zero-order chi connectivity index (χ0) is 23.5. The lowest BCUT2D eigenvalue weighted by Crippen LogP contribution is -2.48. The van der Waals surface area contributed by atoms with Crippen molar-refractivity contribution >= 4 is 11.8 Å². The number of aliphatic hydroxyl groups is 2. The van der Waals surface area contributed by atoms with Gasteiger partial charge in [0.15, 0.2) is 0 Å². The van der Waals surface area contributed by atoms with Crippen LogP contribution in [0, 0.1) is 0 Å². The number of aliphatic hydroxyl groups excluding tert-OH is 2. The predicted molar refractivity (Wildman–Crippen MR) is 119 cm³/mol. The first-order valence-electron chi connectivity index (χ1n) is 11.0. The Balaban J connectivity index is 2.17. The van der Waals surface area contributed by atoms with Crippen molar-refractivity contribution in [3.8, 4) is 5.75 Å². The van der Waals surface area contributed by atoms with Crippen molar-refractivity contribution in [2.45, 2.75) is 44.5 Å². The molecule has 1 aromatic carbocycles. The number of hydrogen-bond acceptors (Lipinski definition) is 7. The number of amides is 2. The number of hydrogen-bond donors (Lipinski definition) is 2. The minimum Gasteiger partial charge on any atom is -0.496 e. The lowest BCUT2D eigenvalue weighted by molar-refractivity contribution is -0.136. The van der Waals surface area contributed by atoms with Crippen LogP contribution in [0.25, 0.3) is 0 Å². The fourth-order valence-corrected chi connectivity index (χ4v) is 3.73. The highest BCUT2D eigenvalue weighted by atomic mass is 16.5. The van der Waals surface area contributed by atoms with Gasteiger partial charge in [0.2, 0.25) is 5.91 Å². The third-order valence-corrected chi connectivity index (χ3v) is 5.66. The summed E-state index contributed by atoms with van der Waals surface area (Å²) in [5.74, 6) is 0.229. The zero-order valence-corrected chi connectivity index (χ0v) is 19.2. The largest absolute Gasteiger partial charge is 0.496 e. The van der Waals surface area contributed by atoms with Gasteiger partial charge in [-0.25, -0.2) is 0 Å². The average Bonchev–Trinajstić information content (AvgIpc) is 2.80. The molecule has 2 N–H and O–H groups in total. The first-order chi connectivity index (χ1) is 15.4. The number of benzene rings is 1. The number of carbonyl (C=O) groups excluding carboxylic acids is 2. The van der Waals surface area contributed by atoms with Crippen LogP contribution in [0.3, 0.4) is 0 Å². The molecule has 9 nitrogen and oxygen atoms in total. The van der Waals surface area contributed by atoms with Gasteiger partial charge in [-0.3, -0.25) is 9.59 Å². The van der Waals surface area contributed by atoms with E-state index in [2.05, 4.69) is 0 Å². The molecule has 2 rings (SSSR count). The Hall–Kier alpha value is -2.20. The van der Waals surface area contributed by atoms with Crippen molar-refractivity contribution in [1.82, 2.24) is 9.80 Å². The van der Waals surface area contributed by atoms with Gasteiger partial charge in [0.05, 0.1) is 19.3 Å². The summed E-state index contributed by atoms with van der Waals surface area (Å²) in [4.78, 5) is 28.7. The molecule has 0 bridgehead atoms. The van der Waals surface area contributed by atoms with Crippen LogP contribution in [0.4, 0.5) is 0 Å². The Morgan fingerprint density at radius 1 is 1.03 bits per heavy atom. The molecule has 180 valence electrons. The summed E-state index contributed by atoms with van der Waals surface area (Å²) < 4.78 is 16.2. The summed E-state index contributed by atoms with van der Waals surface area (Å²) in [6.07, 6.45) is -1.08. The van der Waals surface area contributed by atoms with Gasteiger partial charge in [0.1, 0.15) is 24.1 Å². The molecule has 1 saturated heterocycles. The van der Waals surface area contributed by atoms with Crippen molar-refractivity contribution < 1.29 is 34.0 Å². The Bertz CT molecular complexity index is 730. The maximum atomic E-state index is 13.2. The number of methoxy groups -OCH3 is 2. The second-order valence-corrected chi connectivity index (χ2v) is 7.93. The van der Waals surface area contributed by atoms with E-state index in [-0.39, 0.29) is 25.0 Å². The van der Waals surface area contributed by atoms with Gasteiger partial charge in [-0.05, 0) is 31.4 Å². The van der Waals surface area contributed by atoms with Gasteiger partial charge in [-0.1, -0.05) is 12.1 Å². The topological polar surface area (TPSA) is 109 Å². The summed E-state index contributed by atoms with van der Waals surface area (Å²) in [7, 11) is 2.97. The van der Waals surface area contributed by atoms with E-state index < -0.39 is 18.3 Å². The molecule has 1 aliphatic heterocycles. The second-order valence-electron chi connectivity index (χ2n) is 7.93. The number of carbonyl (C=O) groups is 2. The molecule has 0 radical (unpaired) electrons. The van der Waals surface area contributed by atoms with Crippen LogP contribution in [0.15, 0.2) is 24.3 Å². The lowest BCUT2D eigenvalue weighted by atomic mass is 10.1. The maximum absolute atomic E-state index is 13.2. The Morgan fingerprint density at radius 2 is 1.72 bits per heavy atom. The van der Waals surface area contributed by atoms with E-state index >= 15 is 0 Å². The van der Waals surface area contributed by atoms with E-state index in [1.807, 2.05) is 6.07 Å². The Kier molecular flexibility index (Phi) is 10.9. The van der Waals surface area contributed by atoms with Gasteiger partial charge < -0.3 is 34.2 Å². The molecule has 0 unspecified atom stereocenters. The van der Waals surface area contributed by atoms with E-state index in [9.17, 15) is 19.8 Å². The van der Waals surface area contributed by atoms with Crippen molar-refractivity contribution in [2.24, 2.45) is 0 Å². The first-order valence-corrected chi connectivity index (χ1v) is 11.0. The molecule has 2 amide bonds. The summed E-state index contributed by atoms with van der Waals surface area (Å²) in [5, 5.41) is 20.7. The van der Waals surface area contributed by atoms with E-state index in [4.69, 9.17) is 14.2 Å². The fourth-order valence-electron chi connectivity index (χ4n) is 3.73.